The number of ether oxygens (including phenoxy) is 2. The molecular formula is C15H28O5. The molecule has 0 amide bonds. The van der Waals surface area contributed by atoms with Crippen LogP contribution in [0, 0.1) is 5.41 Å². The molecule has 0 saturated carbocycles. The van der Waals surface area contributed by atoms with Gasteiger partial charge in [0.2, 0.25) is 0 Å². The Morgan fingerprint density at radius 1 is 0.900 bits per heavy atom. The van der Waals surface area contributed by atoms with Crippen LogP contribution in [-0.4, -0.2) is 36.9 Å². The van der Waals surface area contributed by atoms with Gasteiger partial charge in [-0.15, -0.1) is 0 Å². The number of unbranched alkanes of at least 4 members (excludes halogenated alkanes) is 2. The van der Waals surface area contributed by atoms with Gasteiger partial charge in [-0.2, -0.15) is 0 Å². The van der Waals surface area contributed by atoms with Crippen molar-refractivity contribution >= 4 is 11.9 Å². The second-order valence-electron chi connectivity index (χ2n) is 4.81. The van der Waals surface area contributed by atoms with Gasteiger partial charge in [0.15, 0.2) is 5.41 Å². The number of carbonyl (C=O) groups is 2. The molecule has 0 aliphatic rings. The Morgan fingerprint density at radius 2 is 1.45 bits per heavy atom. The summed E-state index contributed by atoms with van der Waals surface area (Å²) in [5.74, 6) is -0.964. The Hall–Kier alpha value is -1.10. The van der Waals surface area contributed by atoms with E-state index in [0.29, 0.717) is 32.1 Å². The summed E-state index contributed by atoms with van der Waals surface area (Å²) in [4.78, 5) is 24.5. The Bertz CT molecular complexity index is 270. The minimum absolute atomic E-state index is 0.125. The molecule has 0 aromatic heterocycles. The van der Waals surface area contributed by atoms with Gasteiger partial charge in [-0.1, -0.05) is 26.2 Å². The number of hydrogen-bond acceptors (Lipinski definition) is 5. The zero-order valence-electron chi connectivity index (χ0n) is 12.9. The van der Waals surface area contributed by atoms with Crippen molar-refractivity contribution in [3.8, 4) is 0 Å². The third-order valence-electron chi connectivity index (χ3n) is 3.27. The van der Waals surface area contributed by atoms with Gasteiger partial charge in [-0.05, 0) is 33.1 Å². The topological polar surface area (TPSA) is 72.8 Å². The number of rotatable bonds is 11. The first-order chi connectivity index (χ1) is 9.58. The van der Waals surface area contributed by atoms with Gasteiger partial charge in [0.25, 0.3) is 0 Å². The third-order valence-corrected chi connectivity index (χ3v) is 3.27. The highest BCUT2D eigenvalue weighted by atomic mass is 16.6. The largest absolute Gasteiger partial charge is 0.465 e. The number of aliphatic hydroxyl groups is 1. The van der Waals surface area contributed by atoms with Crippen LogP contribution in [-0.2, 0) is 19.1 Å². The van der Waals surface area contributed by atoms with Crippen LogP contribution in [0.15, 0.2) is 0 Å². The summed E-state index contributed by atoms with van der Waals surface area (Å²) in [5.41, 5.74) is -1.18. The van der Waals surface area contributed by atoms with Crippen molar-refractivity contribution in [2.45, 2.75) is 59.3 Å². The highest BCUT2D eigenvalue weighted by molar-refractivity contribution is 6.00. The minimum atomic E-state index is -1.18. The highest BCUT2D eigenvalue weighted by Gasteiger charge is 2.47. The first kappa shape index (κ1) is 18.9. The molecule has 0 saturated heterocycles. The van der Waals surface area contributed by atoms with Crippen LogP contribution in [0.5, 0.6) is 0 Å². The maximum absolute atomic E-state index is 12.3. The van der Waals surface area contributed by atoms with E-state index >= 15 is 0 Å². The van der Waals surface area contributed by atoms with Crippen LogP contribution in [0.4, 0.5) is 0 Å². The summed E-state index contributed by atoms with van der Waals surface area (Å²) in [5, 5.41) is 8.80. The lowest BCUT2D eigenvalue weighted by molar-refractivity contribution is -0.173. The SMILES string of the molecule is CCCC(CCCCCO)(C(=O)OCC)C(=O)OCC. The maximum Gasteiger partial charge on any atom is 0.323 e. The smallest absolute Gasteiger partial charge is 0.323 e. The maximum atomic E-state index is 12.3. The summed E-state index contributed by atoms with van der Waals surface area (Å²) in [6.07, 6.45) is 3.70. The Labute approximate surface area is 121 Å². The van der Waals surface area contributed by atoms with Crippen LogP contribution < -0.4 is 0 Å². The van der Waals surface area contributed by atoms with Crippen LogP contribution in [0.2, 0.25) is 0 Å². The predicted octanol–water partition coefficient (Wildman–Crippen LogP) is 2.45. The Balaban J connectivity index is 5.00. The van der Waals surface area contributed by atoms with Gasteiger partial charge in [-0.3, -0.25) is 9.59 Å². The molecule has 5 nitrogen and oxygen atoms in total. The molecule has 0 unspecified atom stereocenters. The van der Waals surface area contributed by atoms with Crippen molar-refractivity contribution in [3.05, 3.63) is 0 Å². The highest BCUT2D eigenvalue weighted by Crippen LogP contribution is 2.34. The Morgan fingerprint density at radius 3 is 1.85 bits per heavy atom. The quantitative estimate of drug-likeness (QED) is 0.359. The molecule has 0 aromatic carbocycles. The van der Waals surface area contributed by atoms with E-state index in [1.807, 2.05) is 6.92 Å². The average molecular weight is 288 g/mol. The monoisotopic (exact) mass is 288 g/mol. The summed E-state index contributed by atoms with van der Waals surface area (Å²) < 4.78 is 10.2. The lowest BCUT2D eigenvalue weighted by atomic mass is 9.78. The molecule has 0 aliphatic carbocycles. The van der Waals surface area contributed by atoms with Gasteiger partial charge in [-0.25, -0.2) is 0 Å². The van der Waals surface area contributed by atoms with Crippen LogP contribution >= 0.6 is 0 Å². The predicted molar refractivity (Wildman–Crippen MR) is 76.2 cm³/mol. The van der Waals surface area contributed by atoms with Gasteiger partial charge in [0.05, 0.1) is 13.2 Å². The van der Waals surface area contributed by atoms with Crippen molar-refractivity contribution < 1.29 is 24.2 Å². The van der Waals surface area contributed by atoms with Crippen LogP contribution in [0.3, 0.4) is 0 Å². The van der Waals surface area contributed by atoms with E-state index in [1.54, 1.807) is 13.8 Å². The fourth-order valence-electron chi connectivity index (χ4n) is 2.30. The average Bonchev–Trinajstić information content (AvgIpc) is 2.42. The fraction of sp³-hybridized carbons (Fsp3) is 0.867. The molecule has 0 aromatic rings. The number of aliphatic hydroxyl groups excluding tert-OH is 1. The molecule has 5 heteroatoms. The van der Waals surface area contributed by atoms with E-state index in [4.69, 9.17) is 14.6 Å². The van der Waals surface area contributed by atoms with Crippen molar-refractivity contribution in [2.24, 2.45) is 5.41 Å². The van der Waals surface area contributed by atoms with Crippen molar-refractivity contribution in [1.82, 2.24) is 0 Å². The summed E-state index contributed by atoms with van der Waals surface area (Å²) in [6.45, 7) is 6.01. The van der Waals surface area contributed by atoms with Gasteiger partial charge in [0.1, 0.15) is 0 Å². The minimum Gasteiger partial charge on any atom is -0.465 e. The molecule has 0 aliphatic heterocycles. The second kappa shape index (κ2) is 10.7. The van der Waals surface area contributed by atoms with Gasteiger partial charge in [0, 0.05) is 6.61 Å². The molecule has 0 fully saturated rings. The zero-order valence-corrected chi connectivity index (χ0v) is 12.9. The van der Waals surface area contributed by atoms with Gasteiger partial charge >= 0.3 is 11.9 Å². The molecular weight excluding hydrogens is 260 g/mol. The first-order valence-corrected chi connectivity index (χ1v) is 7.54. The molecule has 0 bridgehead atoms. The van der Waals surface area contributed by atoms with Crippen molar-refractivity contribution in [3.63, 3.8) is 0 Å². The first-order valence-electron chi connectivity index (χ1n) is 7.54. The Kier molecular flexibility index (Phi) is 10.1. The standard InChI is InChI=1S/C15H28O5/c1-4-10-15(13(17)19-5-2,14(18)20-6-3)11-8-7-9-12-16/h16H,4-12H2,1-3H3. The third kappa shape index (κ3) is 5.49. The normalized spacial score (nSPS) is 11.2. The molecule has 0 heterocycles. The summed E-state index contributed by atoms with van der Waals surface area (Å²) in [6, 6.07) is 0. The number of esters is 2. The van der Waals surface area contributed by atoms with Crippen LogP contribution in [0.25, 0.3) is 0 Å². The zero-order chi connectivity index (χ0) is 15.4. The molecule has 0 atom stereocenters. The van der Waals surface area contributed by atoms with Crippen LogP contribution in [0.1, 0.15) is 59.3 Å². The number of hydrogen-bond donors (Lipinski definition) is 1. The lowest BCUT2D eigenvalue weighted by Gasteiger charge is -2.28. The van der Waals surface area contributed by atoms with E-state index in [0.717, 1.165) is 6.42 Å². The van der Waals surface area contributed by atoms with E-state index in [1.165, 1.54) is 0 Å². The number of carbonyl (C=O) groups excluding carboxylic acids is 2. The molecule has 0 radical (unpaired) electrons. The summed E-state index contributed by atoms with van der Waals surface area (Å²) in [7, 11) is 0. The molecule has 118 valence electrons. The second-order valence-corrected chi connectivity index (χ2v) is 4.81. The van der Waals surface area contributed by atoms with Crippen molar-refractivity contribution in [1.29, 1.82) is 0 Å². The van der Waals surface area contributed by atoms with E-state index < -0.39 is 17.4 Å². The summed E-state index contributed by atoms with van der Waals surface area (Å²) >= 11 is 0. The molecule has 20 heavy (non-hydrogen) atoms. The van der Waals surface area contributed by atoms with Gasteiger partial charge < -0.3 is 14.6 Å². The molecule has 0 spiro atoms. The van der Waals surface area contributed by atoms with E-state index in [-0.39, 0.29) is 19.8 Å². The van der Waals surface area contributed by atoms with Crippen molar-refractivity contribution in [2.75, 3.05) is 19.8 Å². The lowest BCUT2D eigenvalue weighted by Crippen LogP contribution is -2.42. The van der Waals surface area contributed by atoms with E-state index in [2.05, 4.69) is 0 Å². The van der Waals surface area contributed by atoms with E-state index in [9.17, 15) is 9.59 Å². The molecule has 0 rings (SSSR count). The fourth-order valence-corrected chi connectivity index (χ4v) is 2.30. The molecule has 1 N–H and O–H groups in total.